The molecule has 0 N–H and O–H groups in total. The number of hydrogen-bond donors (Lipinski definition) is 0. The number of furan rings is 1. The molecule has 0 fully saturated rings. The third-order valence-corrected chi connectivity index (χ3v) is 10.3. The smallest absolute Gasteiger partial charge is 0.145 e. The maximum Gasteiger partial charge on any atom is 0.145 e. The second-order valence-electron chi connectivity index (χ2n) is 12.9. The van der Waals surface area contributed by atoms with E-state index in [1.54, 1.807) is 0 Å². The number of rotatable bonds is 3. The number of aromatic nitrogens is 2. The molecule has 0 unspecified atom stereocenters. The summed E-state index contributed by atoms with van der Waals surface area (Å²) in [7, 11) is 0. The Hall–Kier alpha value is -6.58. The van der Waals surface area contributed by atoms with E-state index in [1.165, 1.54) is 54.8 Å². The van der Waals surface area contributed by atoms with Gasteiger partial charge in [0.15, 0.2) is 0 Å². The van der Waals surface area contributed by atoms with Gasteiger partial charge in [-0.3, -0.25) is 0 Å². The molecule has 3 nitrogen and oxygen atoms in total. The number of fused-ring (bicyclic) bond motifs is 11. The zero-order valence-corrected chi connectivity index (χ0v) is 26.5. The van der Waals surface area contributed by atoms with Gasteiger partial charge < -0.3 is 13.6 Å². The molecular weight excluding hydrogens is 597 g/mol. The van der Waals surface area contributed by atoms with Crippen LogP contribution in [0.2, 0.25) is 0 Å². The minimum atomic E-state index is 0.912. The Labute approximate surface area is 281 Å². The first-order valence-corrected chi connectivity index (χ1v) is 16.8. The van der Waals surface area contributed by atoms with E-state index < -0.39 is 0 Å². The lowest BCUT2D eigenvalue weighted by molar-refractivity contribution is 0.673. The van der Waals surface area contributed by atoms with Gasteiger partial charge >= 0.3 is 0 Å². The predicted octanol–water partition coefficient (Wildman–Crippen LogP) is 12.6. The van der Waals surface area contributed by atoms with Gasteiger partial charge in [0.25, 0.3) is 0 Å². The fourth-order valence-corrected chi connectivity index (χ4v) is 8.14. The van der Waals surface area contributed by atoms with E-state index in [-0.39, 0.29) is 0 Å². The van der Waals surface area contributed by atoms with Crippen molar-refractivity contribution in [1.29, 1.82) is 0 Å². The lowest BCUT2D eigenvalue weighted by Crippen LogP contribution is -1.95. The molecule has 0 aliphatic rings. The van der Waals surface area contributed by atoms with E-state index in [0.717, 1.165) is 44.0 Å². The maximum absolute atomic E-state index is 6.63. The SMILES string of the molecule is c1ccc(-n2c3ccc(-c4ccc5c(c4)c4ccccc4n5-c4cccc5ccccc45)cc3c3c4oc5ccccc5c4ccc32)cc1. The molecule has 0 saturated heterocycles. The highest BCUT2D eigenvalue weighted by molar-refractivity contribution is 6.24. The van der Waals surface area contributed by atoms with Crippen LogP contribution in [0, 0.1) is 0 Å². The molecule has 8 aromatic carbocycles. The topological polar surface area (TPSA) is 23.0 Å². The van der Waals surface area contributed by atoms with Crippen molar-refractivity contribution in [2.24, 2.45) is 0 Å². The summed E-state index contributed by atoms with van der Waals surface area (Å²) in [6.45, 7) is 0. The zero-order valence-electron chi connectivity index (χ0n) is 26.5. The highest BCUT2D eigenvalue weighted by atomic mass is 16.3. The van der Waals surface area contributed by atoms with Gasteiger partial charge in [-0.1, -0.05) is 103 Å². The number of para-hydroxylation sites is 3. The van der Waals surface area contributed by atoms with Gasteiger partial charge in [0, 0.05) is 38.0 Å². The van der Waals surface area contributed by atoms with Crippen LogP contribution in [0.4, 0.5) is 0 Å². The monoisotopic (exact) mass is 624 g/mol. The molecule has 228 valence electrons. The largest absolute Gasteiger partial charge is 0.455 e. The Bertz CT molecular complexity index is 3100. The lowest BCUT2D eigenvalue weighted by Gasteiger charge is -2.12. The van der Waals surface area contributed by atoms with Gasteiger partial charge in [-0.2, -0.15) is 0 Å². The van der Waals surface area contributed by atoms with Gasteiger partial charge in [-0.25, -0.2) is 0 Å². The quantitative estimate of drug-likeness (QED) is 0.192. The van der Waals surface area contributed by atoms with Gasteiger partial charge in [-0.05, 0) is 83.2 Å². The highest BCUT2D eigenvalue weighted by Crippen LogP contribution is 2.43. The van der Waals surface area contributed by atoms with Crippen molar-refractivity contribution in [1.82, 2.24) is 9.13 Å². The molecule has 0 aliphatic carbocycles. The van der Waals surface area contributed by atoms with Crippen LogP contribution >= 0.6 is 0 Å². The number of hydrogen-bond acceptors (Lipinski definition) is 1. The maximum atomic E-state index is 6.63. The average molecular weight is 625 g/mol. The number of benzene rings is 8. The first kappa shape index (κ1) is 26.5. The summed E-state index contributed by atoms with van der Waals surface area (Å²) in [6, 6.07) is 61.3. The van der Waals surface area contributed by atoms with Crippen LogP contribution in [0.25, 0.3) is 98.8 Å². The molecule has 11 rings (SSSR count). The third kappa shape index (κ3) is 3.73. The first-order valence-electron chi connectivity index (χ1n) is 16.8. The molecular formula is C46H28N2O. The predicted molar refractivity (Wildman–Crippen MR) is 205 cm³/mol. The Balaban J connectivity index is 1.18. The summed E-state index contributed by atoms with van der Waals surface area (Å²) >= 11 is 0. The van der Waals surface area contributed by atoms with Crippen LogP contribution in [-0.2, 0) is 0 Å². The third-order valence-electron chi connectivity index (χ3n) is 10.3. The van der Waals surface area contributed by atoms with Crippen LogP contribution in [0.15, 0.2) is 174 Å². The van der Waals surface area contributed by atoms with Crippen molar-refractivity contribution in [3.05, 3.63) is 170 Å². The van der Waals surface area contributed by atoms with Crippen molar-refractivity contribution < 1.29 is 4.42 Å². The minimum Gasteiger partial charge on any atom is -0.455 e. The summed E-state index contributed by atoms with van der Waals surface area (Å²) in [5.74, 6) is 0. The first-order chi connectivity index (χ1) is 24.3. The molecule has 3 aromatic heterocycles. The fraction of sp³-hybridized carbons (Fsp3) is 0. The van der Waals surface area contributed by atoms with E-state index in [4.69, 9.17) is 4.42 Å². The Morgan fingerprint density at radius 3 is 1.86 bits per heavy atom. The molecule has 0 bridgehead atoms. The van der Waals surface area contributed by atoms with E-state index in [2.05, 4.69) is 173 Å². The standard InChI is InChI=1S/C46H28N2O/c1-2-13-32(14-3-1)47-42-25-22-31(28-38(42)45-43(47)26-23-36-35-17-7-9-20-44(35)49-46(36)45)30-21-24-41-37(27-30)34-16-6-8-18-40(34)48(41)39-19-10-12-29-11-4-5-15-33(29)39/h1-28H. The van der Waals surface area contributed by atoms with E-state index in [9.17, 15) is 0 Å². The van der Waals surface area contributed by atoms with E-state index >= 15 is 0 Å². The van der Waals surface area contributed by atoms with Crippen molar-refractivity contribution >= 4 is 76.3 Å². The summed E-state index contributed by atoms with van der Waals surface area (Å²) in [4.78, 5) is 0. The molecule has 11 aromatic rings. The van der Waals surface area contributed by atoms with Crippen molar-refractivity contribution in [3.8, 4) is 22.5 Å². The van der Waals surface area contributed by atoms with Crippen LogP contribution in [0.1, 0.15) is 0 Å². The molecule has 0 spiro atoms. The summed E-state index contributed by atoms with van der Waals surface area (Å²) in [5.41, 5.74) is 11.2. The highest BCUT2D eigenvalue weighted by Gasteiger charge is 2.20. The molecule has 0 amide bonds. The van der Waals surface area contributed by atoms with Crippen LogP contribution in [0.5, 0.6) is 0 Å². The second-order valence-corrected chi connectivity index (χ2v) is 12.9. The molecule has 0 saturated carbocycles. The summed E-state index contributed by atoms with van der Waals surface area (Å²) < 4.78 is 11.4. The number of nitrogens with zero attached hydrogens (tertiary/aromatic N) is 2. The van der Waals surface area contributed by atoms with Gasteiger partial charge in [0.2, 0.25) is 0 Å². The Morgan fingerprint density at radius 2 is 1.00 bits per heavy atom. The van der Waals surface area contributed by atoms with Crippen LogP contribution in [0.3, 0.4) is 0 Å². The fourth-order valence-electron chi connectivity index (χ4n) is 8.14. The molecule has 3 heterocycles. The summed E-state index contributed by atoms with van der Waals surface area (Å²) in [6.07, 6.45) is 0. The van der Waals surface area contributed by atoms with Crippen molar-refractivity contribution in [2.45, 2.75) is 0 Å². The van der Waals surface area contributed by atoms with E-state index in [0.29, 0.717) is 0 Å². The molecule has 3 heteroatoms. The molecule has 0 atom stereocenters. The van der Waals surface area contributed by atoms with Crippen molar-refractivity contribution in [2.75, 3.05) is 0 Å². The summed E-state index contributed by atoms with van der Waals surface area (Å²) in [5, 5.41) is 9.58. The Kier molecular flexibility index (Phi) is 5.38. The zero-order chi connectivity index (χ0) is 32.1. The van der Waals surface area contributed by atoms with Gasteiger partial charge in [0.1, 0.15) is 11.2 Å². The molecule has 0 radical (unpaired) electrons. The van der Waals surface area contributed by atoms with E-state index in [1.807, 2.05) is 6.07 Å². The molecule has 0 aliphatic heterocycles. The van der Waals surface area contributed by atoms with Gasteiger partial charge in [0.05, 0.1) is 33.1 Å². The molecule has 49 heavy (non-hydrogen) atoms. The average Bonchev–Trinajstić information content (AvgIpc) is 3.82. The van der Waals surface area contributed by atoms with Crippen LogP contribution < -0.4 is 0 Å². The normalized spacial score (nSPS) is 12.1. The van der Waals surface area contributed by atoms with Gasteiger partial charge in [-0.15, -0.1) is 0 Å². The Morgan fingerprint density at radius 1 is 0.367 bits per heavy atom. The lowest BCUT2D eigenvalue weighted by atomic mass is 10.00. The minimum absolute atomic E-state index is 0.912. The van der Waals surface area contributed by atoms with Crippen molar-refractivity contribution in [3.63, 3.8) is 0 Å². The second kappa shape index (κ2) is 9.96. The van der Waals surface area contributed by atoms with Crippen LogP contribution in [-0.4, -0.2) is 9.13 Å².